The lowest BCUT2D eigenvalue weighted by atomic mass is 10.0. The molecule has 0 bridgehead atoms. The number of rotatable bonds is 9. The van der Waals surface area contributed by atoms with E-state index < -0.39 is 7.32 Å². The molecule has 4 nitrogen and oxygen atoms in total. The van der Waals surface area contributed by atoms with Crippen molar-refractivity contribution >= 4 is 7.32 Å². The zero-order chi connectivity index (χ0) is 14.1. The lowest BCUT2D eigenvalue weighted by Crippen LogP contribution is -2.43. The summed E-state index contributed by atoms with van der Waals surface area (Å²) < 4.78 is 5.12. The van der Waals surface area contributed by atoms with Crippen molar-refractivity contribution in [1.82, 2.24) is 4.90 Å². The summed E-state index contributed by atoms with van der Waals surface area (Å²) in [6.45, 7) is 12.0. The van der Waals surface area contributed by atoms with Gasteiger partial charge in [0.1, 0.15) is 0 Å². The van der Waals surface area contributed by atoms with Gasteiger partial charge in [-0.2, -0.15) is 0 Å². The van der Waals surface area contributed by atoms with Crippen LogP contribution in [0.25, 0.3) is 0 Å². The molecule has 2 atom stereocenters. The molecule has 0 fully saturated rings. The molecule has 0 heterocycles. The third-order valence-electron chi connectivity index (χ3n) is 2.58. The summed E-state index contributed by atoms with van der Waals surface area (Å²) in [5.74, 6) is 0. The van der Waals surface area contributed by atoms with Crippen LogP contribution in [0.5, 0.6) is 0 Å². The summed E-state index contributed by atoms with van der Waals surface area (Å²) >= 11 is 0. The van der Waals surface area contributed by atoms with Gasteiger partial charge < -0.3 is 14.7 Å². The number of hydrogen-bond acceptors (Lipinski definition) is 4. The van der Waals surface area contributed by atoms with E-state index in [-0.39, 0.29) is 12.1 Å². The normalized spacial score (nSPS) is 14.8. The van der Waals surface area contributed by atoms with Gasteiger partial charge in [-0.3, -0.25) is 4.90 Å². The van der Waals surface area contributed by atoms with E-state index >= 15 is 0 Å². The number of nitrogens with zero attached hydrogens (tertiary/aromatic N) is 1. The standard InChI is InChI=1S/C13H24BNO3/c1-6-10-15(5)12(9-8-11(3)4)13(7-2)18-14(16)17/h6,8-9,12-13,16-17H,1,3,7,10H2,2,4-5H3/b9-8+/t12-,13+/m1/s1. The number of hydrogen-bond donors (Lipinski definition) is 2. The average Bonchev–Trinajstić information content (AvgIpc) is 2.27. The van der Waals surface area contributed by atoms with E-state index in [0.29, 0.717) is 13.0 Å². The average molecular weight is 253 g/mol. The molecule has 0 aromatic carbocycles. The zero-order valence-corrected chi connectivity index (χ0v) is 11.5. The molecule has 0 saturated heterocycles. The van der Waals surface area contributed by atoms with Crippen LogP contribution in [-0.4, -0.2) is 48.0 Å². The fraction of sp³-hybridized carbons (Fsp3) is 0.538. The molecule has 0 saturated carbocycles. The van der Waals surface area contributed by atoms with Crippen LogP contribution in [0.4, 0.5) is 0 Å². The fourth-order valence-electron chi connectivity index (χ4n) is 1.72. The maximum atomic E-state index is 8.94. The maximum absolute atomic E-state index is 8.94. The van der Waals surface area contributed by atoms with E-state index in [4.69, 9.17) is 14.7 Å². The van der Waals surface area contributed by atoms with Crippen LogP contribution in [0, 0.1) is 0 Å². The van der Waals surface area contributed by atoms with Gasteiger partial charge in [0.15, 0.2) is 0 Å². The molecular weight excluding hydrogens is 229 g/mol. The van der Waals surface area contributed by atoms with E-state index in [9.17, 15) is 0 Å². The summed E-state index contributed by atoms with van der Waals surface area (Å²) in [5.41, 5.74) is 0.936. The highest BCUT2D eigenvalue weighted by Crippen LogP contribution is 2.13. The Balaban J connectivity index is 4.90. The topological polar surface area (TPSA) is 52.9 Å². The van der Waals surface area contributed by atoms with Crippen LogP contribution in [-0.2, 0) is 4.65 Å². The van der Waals surface area contributed by atoms with E-state index in [1.807, 2.05) is 37.9 Å². The highest BCUT2D eigenvalue weighted by atomic mass is 16.6. The largest absolute Gasteiger partial charge is 0.634 e. The molecule has 2 N–H and O–H groups in total. The van der Waals surface area contributed by atoms with Gasteiger partial charge in [-0.05, 0) is 20.4 Å². The zero-order valence-electron chi connectivity index (χ0n) is 11.5. The highest BCUT2D eigenvalue weighted by Gasteiger charge is 2.26. The molecule has 0 radical (unpaired) electrons. The third-order valence-corrected chi connectivity index (χ3v) is 2.58. The Hall–Kier alpha value is -0.875. The number of allylic oxidation sites excluding steroid dienone is 2. The first-order valence-electron chi connectivity index (χ1n) is 6.08. The van der Waals surface area contributed by atoms with Crippen molar-refractivity contribution in [2.24, 2.45) is 0 Å². The first-order valence-corrected chi connectivity index (χ1v) is 6.08. The van der Waals surface area contributed by atoms with Crippen LogP contribution >= 0.6 is 0 Å². The Bertz CT molecular complexity index is 292. The van der Waals surface area contributed by atoms with Crippen LogP contribution in [0.3, 0.4) is 0 Å². The van der Waals surface area contributed by atoms with E-state index in [0.717, 1.165) is 5.57 Å². The van der Waals surface area contributed by atoms with Gasteiger partial charge in [-0.15, -0.1) is 6.58 Å². The second-order valence-corrected chi connectivity index (χ2v) is 4.33. The first-order chi connectivity index (χ1) is 8.42. The van der Waals surface area contributed by atoms with Crippen molar-refractivity contribution in [3.63, 3.8) is 0 Å². The predicted molar refractivity (Wildman–Crippen MR) is 75.9 cm³/mol. The quantitative estimate of drug-likeness (QED) is 0.370. The van der Waals surface area contributed by atoms with Gasteiger partial charge >= 0.3 is 7.32 Å². The third kappa shape index (κ3) is 6.76. The smallest absolute Gasteiger partial charge is 0.402 e. The summed E-state index contributed by atoms with van der Waals surface area (Å²) in [6, 6.07) is -0.0634. The Morgan fingerprint density at radius 3 is 2.50 bits per heavy atom. The summed E-state index contributed by atoms with van der Waals surface area (Å²) in [6.07, 6.45) is 6.03. The molecule has 102 valence electrons. The minimum Gasteiger partial charge on any atom is -0.402 e. The lowest BCUT2D eigenvalue weighted by Gasteiger charge is -2.31. The molecule has 0 rings (SSSR count). The van der Waals surface area contributed by atoms with Crippen molar-refractivity contribution in [3.05, 3.63) is 37.0 Å². The van der Waals surface area contributed by atoms with Gasteiger partial charge in [0.2, 0.25) is 0 Å². The molecule has 0 aliphatic carbocycles. The Kier molecular flexibility index (Phi) is 8.67. The van der Waals surface area contributed by atoms with Gasteiger partial charge in [-0.1, -0.05) is 37.3 Å². The molecular formula is C13H24BNO3. The van der Waals surface area contributed by atoms with Crippen LogP contribution in [0.2, 0.25) is 0 Å². The van der Waals surface area contributed by atoms with Crippen LogP contribution < -0.4 is 0 Å². The van der Waals surface area contributed by atoms with E-state index in [1.54, 1.807) is 6.08 Å². The summed E-state index contributed by atoms with van der Waals surface area (Å²) in [4.78, 5) is 2.03. The molecule has 18 heavy (non-hydrogen) atoms. The van der Waals surface area contributed by atoms with Crippen molar-refractivity contribution in [2.45, 2.75) is 32.4 Å². The molecule has 0 aliphatic rings. The Morgan fingerprint density at radius 2 is 2.11 bits per heavy atom. The van der Waals surface area contributed by atoms with Crippen molar-refractivity contribution in [1.29, 1.82) is 0 Å². The van der Waals surface area contributed by atoms with E-state index in [1.165, 1.54) is 0 Å². The highest BCUT2D eigenvalue weighted by molar-refractivity contribution is 6.32. The first kappa shape index (κ1) is 17.1. The maximum Gasteiger partial charge on any atom is 0.634 e. The monoisotopic (exact) mass is 253 g/mol. The molecule has 0 aliphatic heterocycles. The predicted octanol–water partition coefficient (Wildman–Crippen LogP) is 1.37. The Morgan fingerprint density at radius 1 is 1.50 bits per heavy atom. The molecule has 0 aromatic rings. The molecule has 0 aromatic heterocycles. The minimum atomic E-state index is -1.76. The van der Waals surface area contributed by atoms with Gasteiger partial charge in [0.25, 0.3) is 0 Å². The van der Waals surface area contributed by atoms with Gasteiger partial charge in [0, 0.05) is 6.54 Å². The second kappa shape index (κ2) is 9.11. The SMILES string of the molecule is C=CCN(C)[C@H](/C=C/C(=C)C)[C@H](CC)OB(O)O. The molecule has 0 spiro atoms. The minimum absolute atomic E-state index is 0.0634. The van der Waals surface area contributed by atoms with E-state index in [2.05, 4.69) is 13.2 Å². The Labute approximate surface area is 110 Å². The molecule has 0 amide bonds. The second-order valence-electron chi connectivity index (χ2n) is 4.33. The van der Waals surface area contributed by atoms with Crippen molar-refractivity contribution < 1.29 is 14.7 Å². The number of likely N-dealkylation sites (N-methyl/N-ethyl adjacent to an activating group) is 1. The van der Waals surface area contributed by atoms with Crippen LogP contribution in [0.15, 0.2) is 37.0 Å². The van der Waals surface area contributed by atoms with Gasteiger partial charge in [0.05, 0.1) is 12.1 Å². The lowest BCUT2D eigenvalue weighted by molar-refractivity contribution is 0.0638. The van der Waals surface area contributed by atoms with Crippen molar-refractivity contribution in [3.8, 4) is 0 Å². The summed E-state index contributed by atoms with van der Waals surface area (Å²) in [7, 11) is 0.179. The van der Waals surface area contributed by atoms with Crippen LogP contribution in [0.1, 0.15) is 20.3 Å². The van der Waals surface area contributed by atoms with Gasteiger partial charge in [-0.25, -0.2) is 0 Å². The summed E-state index contributed by atoms with van der Waals surface area (Å²) in [5, 5.41) is 17.9. The fourth-order valence-corrected chi connectivity index (χ4v) is 1.72. The molecule has 5 heteroatoms. The van der Waals surface area contributed by atoms with Crippen molar-refractivity contribution in [2.75, 3.05) is 13.6 Å². The molecule has 0 unspecified atom stereocenters.